The molecule has 0 spiro atoms. The predicted molar refractivity (Wildman–Crippen MR) is 163 cm³/mol. The lowest BCUT2D eigenvalue weighted by Crippen LogP contribution is -2.71. The van der Waals surface area contributed by atoms with Gasteiger partial charge in [0, 0.05) is 51.9 Å². The standard InChI is InChI=1S/C32H30ClF2N7O3/c1-17-3-2-4-21(25-13-19(11-12-37-25)29-27(40-30(17)43)16-39-42(29)32(34)35)22-8-10-28(45-31(22)44)23-14-20(33)7-9-24(23)38-15-26(41-36)18-5-6-18/h7-18,21,32,36,38H,2-6H2,1H3,(H,40,43)/p+1. The van der Waals surface area contributed by atoms with Crippen LogP contribution in [0.4, 0.5) is 20.2 Å². The van der Waals surface area contributed by atoms with Gasteiger partial charge in [-0.2, -0.15) is 19.0 Å². The second kappa shape index (κ2) is 12.8. The summed E-state index contributed by atoms with van der Waals surface area (Å²) in [6, 6.07) is 11.9. The van der Waals surface area contributed by atoms with Gasteiger partial charge in [0.1, 0.15) is 23.3 Å². The Kier molecular flexibility index (Phi) is 8.68. The highest BCUT2D eigenvalue weighted by molar-refractivity contribution is 6.31. The lowest BCUT2D eigenvalue weighted by atomic mass is 9.88. The molecule has 2 unspecified atom stereocenters. The van der Waals surface area contributed by atoms with Gasteiger partial charge in [0.05, 0.1) is 23.1 Å². The molecule has 4 N–H and O–H groups in total. The zero-order valence-electron chi connectivity index (χ0n) is 24.3. The summed E-state index contributed by atoms with van der Waals surface area (Å²) in [4.78, 5) is 31.1. The molecule has 10 nitrogen and oxygen atoms in total. The van der Waals surface area contributed by atoms with Gasteiger partial charge < -0.3 is 9.73 Å². The molecule has 4 heterocycles. The minimum Gasteiger partial charge on any atom is -0.422 e. The van der Waals surface area contributed by atoms with Crippen molar-refractivity contribution >= 4 is 28.9 Å². The van der Waals surface area contributed by atoms with E-state index in [2.05, 4.69) is 20.5 Å². The highest BCUT2D eigenvalue weighted by atomic mass is 35.5. The molecular formula is C32H31ClF2N7O3+. The first-order chi connectivity index (χ1) is 21.7. The summed E-state index contributed by atoms with van der Waals surface area (Å²) in [5.74, 6) is -0.626. The van der Waals surface area contributed by atoms with E-state index in [1.54, 1.807) is 49.5 Å². The topological polar surface area (TPSA) is 143 Å². The maximum absolute atomic E-state index is 13.9. The molecule has 13 heteroatoms. The molecule has 3 aromatic heterocycles. The van der Waals surface area contributed by atoms with Crippen molar-refractivity contribution in [2.24, 2.45) is 17.0 Å². The van der Waals surface area contributed by atoms with Crippen molar-refractivity contribution in [1.82, 2.24) is 14.8 Å². The lowest BCUT2D eigenvalue weighted by molar-refractivity contribution is -0.497. The van der Waals surface area contributed by atoms with Gasteiger partial charge in [0.2, 0.25) is 5.91 Å². The summed E-state index contributed by atoms with van der Waals surface area (Å²) in [5.41, 5.74) is 10.4. The minimum atomic E-state index is -2.94. The fourth-order valence-corrected chi connectivity index (χ4v) is 5.86. The Morgan fingerprint density at radius 3 is 2.73 bits per heavy atom. The highest BCUT2D eigenvalue weighted by Gasteiger charge is 2.29. The third-order valence-corrected chi connectivity index (χ3v) is 8.53. The number of allylic oxidation sites excluding steroid dienone is 1. The number of hydrogen-bond acceptors (Lipinski definition) is 7. The number of alkyl halides is 2. The molecule has 1 fully saturated rings. The second-order valence-corrected chi connectivity index (χ2v) is 11.8. The number of hydrogen-bond donors (Lipinski definition) is 3. The Morgan fingerprint density at radius 1 is 1.18 bits per heavy atom. The molecule has 45 heavy (non-hydrogen) atoms. The number of anilines is 1. The van der Waals surface area contributed by atoms with Crippen LogP contribution in [0.2, 0.25) is 5.02 Å². The van der Waals surface area contributed by atoms with Crippen molar-refractivity contribution in [1.29, 1.82) is 5.53 Å². The zero-order valence-corrected chi connectivity index (χ0v) is 25.1. The monoisotopic (exact) mass is 634 g/mol. The molecular weight excluding hydrogens is 604 g/mol. The van der Waals surface area contributed by atoms with Crippen LogP contribution in [-0.4, -0.2) is 20.7 Å². The van der Waals surface area contributed by atoms with Crippen LogP contribution in [0, 0.1) is 17.4 Å². The van der Waals surface area contributed by atoms with Crippen LogP contribution in [-0.2, 0) is 4.79 Å². The molecule has 2 atom stereocenters. The predicted octanol–water partition coefficient (Wildman–Crippen LogP) is 6.98. The van der Waals surface area contributed by atoms with Crippen LogP contribution >= 0.6 is 11.6 Å². The number of nitrogens with zero attached hydrogens (tertiary/aromatic N) is 4. The number of halogens is 3. The third-order valence-electron chi connectivity index (χ3n) is 8.29. The Labute approximate surface area is 262 Å². The van der Waals surface area contributed by atoms with Crippen molar-refractivity contribution in [3.8, 4) is 22.6 Å². The molecule has 0 saturated heterocycles. The fourth-order valence-electron chi connectivity index (χ4n) is 5.69. The Balaban J connectivity index is 1.39. The lowest BCUT2D eigenvalue weighted by Gasteiger charge is -2.20. The van der Waals surface area contributed by atoms with Gasteiger partial charge in [0.15, 0.2) is 0 Å². The number of nitrogens with one attached hydrogen (secondary N) is 2. The van der Waals surface area contributed by atoms with E-state index in [9.17, 15) is 18.4 Å². The van der Waals surface area contributed by atoms with Crippen molar-refractivity contribution in [3.05, 3.63) is 93.5 Å². The Morgan fingerprint density at radius 2 is 2.00 bits per heavy atom. The van der Waals surface area contributed by atoms with E-state index in [1.807, 2.05) is 11.4 Å². The molecule has 6 rings (SSSR count). The second-order valence-electron chi connectivity index (χ2n) is 11.4. The first-order valence-electron chi connectivity index (χ1n) is 14.7. The summed E-state index contributed by atoms with van der Waals surface area (Å²) >= 11 is 6.33. The van der Waals surface area contributed by atoms with Gasteiger partial charge in [-0.05, 0) is 62.1 Å². The molecule has 1 aliphatic carbocycles. The fraction of sp³-hybridized carbons (Fsp3) is 0.312. The number of rotatable bonds is 7. The normalized spacial score (nSPS) is 19.0. The molecule has 1 saturated carbocycles. The van der Waals surface area contributed by atoms with Crippen LogP contribution < -0.4 is 16.3 Å². The Hall–Kier alpha value is -4.55. The molecule has 1 aliphatic heterocycles. The smallest absolute Gasteiger partial charge is 0.340 e. The molecule has 4 aromatic rings. The summed E-state index contributed by atoms with van der Waals surface area (Å²) in [6.07, 6.45) is 8.11. The summed E-state index contributed by atoms with van der Waals surface area (Å²) in [6.45, 7) is -1.16. The van der Waals surface area contributed by atoms with E-state index < -0.39 is 24.0 Å². The minimum absolute atomic E-state index is 0.0535. The molecule has 2 aliphatic rings. The van der Waals surface area contributed by atoms with Gasteiger partial charge in [-0.25, -0.2) is 15.0 Å². The maximum Gasteiger partial charge on any atom is 0.340 e. The average molecular weight is 635 g/mol. The van der Waals surface area contributed by atoms with Gasteiger partial charge in [0.25, 0.3) is 0 Å². The number of carbonyl (C=O) groups is 1. The van der Waals surface area contributed by atoms with Crippen LogP contribution in [0.1, 0.15) is 62.8 Å². The van der Waals surface area contributed by atoms with E-state index in [0.29, 0.717) is 68.7 Å². The van der Waals surface area contributed by atoms with Crippen LogP contribution in [0.5, 0.6) is 0 Å². The van der Waals surface area contributed by atoms with E-state index in [-0.39, 0.29) is 17.3 Å². The number of benzene rings is 1. The summed E-state index contributed by atoms with van der Waals surface area (Å²) in [7, 11) is 0. The summed E-state index contributed by atoms with van der Waals surface area (Å²) < 4.78 is 34.3. The number of pyridine rings is 1. The van der Waals surface area contributed by atoms with Gasteiger partial charge in [-0.3, -0.25) is 15.1 Å². The first kappa shape index (κ1) is 30.5. The third kappa shape index (κ3) is 6.47. The van der Waals surface area contributed by atoms with E-state index in [1.165, 1.54) is 12.4 Å². The van der Waals surface area contributed by atoms with E-state index >= 15 is 0 Å². The first-order valence-corrected chi connectivity index (χ1v) is 15.1. The number of amides is 1. The molecule has 232 valence electrons. The number of quaternary nitrogens is 1. The van der Waals surface area contributed by atoms with E-state index in [0.717, 1.165) is 18.5 Å². The Bertz CT molecular complexity index is 1850. The molecule has 1 amide bonds. The molecule has 0 radical (unpaired) electrons. The maximum atomic E-state index is 13.9. The largest absolute Gasteiger partial charge is 0.422 e. The van der Waals surface area contributed by atoms with Crippen LogP contribution in [0.3, 0.4) is 0 Å². The van der Waals surface area contributed by atoms with E-state index in [4.69, 9.17) is 21.5 Å². The number of nitrogens with two attached hydrogens (primary N) is 1. The quantitative estimate of drug-likeness (QED) is 0.148. The van der Waals surface area contributed by atoms with Crippen LogP contribution in [0.25, 0.3) is 22.6 Å². The number of aromatic nitrogens is 3. The van der Waals surface area contributed by atoms with Crippen molar-refractivity contribution in [2.75, 3.05) is 5.32 Å². The number of fused-ring (bicyclic) bond motifs is 4. The van der Waals surface area contributed by atoms with Crippen molar-refractivity contribution in [2.45, 2.75) is 51.5 Å². The van der Waals surface area contributed by atoms with Gasteiger partial charge in [-0.15, -0.1) is 0 Å². The van der Waals surface area contributed by atoms with Gasteiger partial charge in [-0.1, -0.05) is 24.9 Å². The molecule has 2 bridgehead atoms. The van der Waals surface area contributed by atoms with Crippen molar-refractivity contribution in [3.63, 3.8) is 0 Å². The van der Waals surface area contributed by atoms with Crippen molar-refractivity contribution < 1.29 is 23.3 Å². The molecule has 1 aromatic carbocycles. The summed E-state index contributed by atoms with van der Waals surface area (Å²) in [5, 5.41) is 12.5. The highest BCUT2D eigenvalue weighted by Crippen LogP contribution is 2.38. The van der Waals surface area contributed by atoms with Crippen LogP contribution in [0.15, 0.2) is 81.1 Å². The van der Waals surface area contributed by atoms with Gasteiger partial charge >= 0.3 is 12.2 Å². The zero-order chi connectivity index (χ0) is 31.7. The average Bonchev–Trinajstić information content (AvgIpc) is 3.78. The number of carbonyl (C=O) groups excluding carboxylic acids is 1. The SMILES string of the molecule is CC1CCCC(c2ccc(-c3cc(Cl)ccc3[NH2+]C=C(N=N)C3CC3)oc2=O)c2cc(ccn2)-c2c(cnn2C(F)F)NC1=O.